The molecule has 0 aromatic heterocycles. The molecule has 0 bridgehead atoms. The molecule has 0 N–H and O–H groups in total. The zero-order valence-electron chi connectivity index (χ0n) is 16.8. The average molecular weight is 489 g/mol. The number of halogens is 1. The van der Waals surface area contributed by atoms with Crippen LogP contribution in [0.5, 0.6) is 0 Å². The molecule has 0 saturated carbocycles. The van der Waals surface area contributed by atoms with Crippen molar-refractivity contribution >= 4 is 39.8 Å². The van der Waals surface area contributed by atoms with Crippen LogP contribution in [0.4, 0.5) is 0 Å². The minimum Gasteiger partial charge on any atom is -0.463 e. The van der Waals surface area contributed by atoms with Crippen molar-refractivity contribution < 1.29 is 47.6 Å². The highest BCUT2D eigenvalue weighted by Gasteiger charge is 2.52. The lowest BCUT2D eigenvalue weighted by atomic mass is 9.98. The molecule has 1 aliphatic heterocycles. The third kappa shape index (κ3) is 8.82. The van der Waals surface area contributed by atoms with Gasteiger partial charge in [-0.05, 0) is 16.7 Å². The van der Waals surface area contributed by atoms with Gasteiger partial charge >= 0.3 is 23.9 Å². The maximum absolute atomic E-state index is 11.7. The molecule has 1 heterocycles. The summed E-state index contributed by atoms with van der Waals surface area (Å²) in [6, 6.07) is 0. The van der Waals surface area contributed by atoms with E-state index >= 15 is 0 Å². The zero-order chi connectivity index (χ0) is 22.7. The van der Waals surface area contributed by atoms with Gasteiger partial charge in [0.25, 0.3) is 0 Å². The van der Waals surface area contributed by atoms with E-state index in [1.807, 2.05) is 0 Å². The molecule has 0 aromatic carbocycles. The normalized spacial score (nSPS) is 24.8. The molecule has 1 saturated heterocycles. The van der Waals surface area contributed by atoms with Crippen molar-refractivity contribution in [2.45, 2.75) is 58.4 Å². The first kappa shape index (κ1) is 25.4. The summed E-state index contributed by atoms with van der Waals surface area (Å²) < 4.78 is 31.9. The Morgan fingerprint density at radius 3 is 1.93 bits per heavy atom. The number of hydrogen-bond acceptors (Lipinski definition) is 10. The van der Waals surface area contributed by atoms with Crippen LogP contribution in [0, 0.1) is 22.6 Å². The molecule has 164 valence electrons. The molecule has 0 amide bonds. The Morgan fingerprint density at radius 2 is 1.40 bits per heavy atom. The number of hydrogen-bond donors (Lipinski definition) is 0. The Bertz CT molecular complexity index is 772. The van der Waals surface area contributed by atoms with E-state index in [4.69, 9.17) is 28.4 Å². The number of carbonyl (C=O) groups is 4. The first-order chi connectivity index (χ1) is 14.1. The van der Waals surface area contributed by atoms with Crippen molar-refractivity contribution in [2.24, 2.45) is 0 Å². The Balaban J connectivity index is 3.25. The van der Waals surface area contributed by atoms with Gasteiger partial charge in [-0.25, -0.2) is 0 Å². The fourth-order valence-corrected chi connectivity index (χ4v) is 2.65. The van der Waals surface area contributed by atoms with Gasteiger partial charge in [0.05, 0.1) is 0 Å². The molecule has 0 aliphatic carbocycles. The van der Waals surface area contributed by atoms with Crippen LogP contribution in [-0.4, -0.2) is 67.8 Å². The van der Waals surface area contributed by atoms with Crippen LogP contribution in [0.1, 0.15) is 27.7 Å². The predicted octanol–water partition coefficient (Wildman–Crippen LogP) is 0.445. The van der Waals surface area contributed by atoms with Crippen molar-refractivity contribution in [1.82, 2.24) is 0 Å². The molecular formula is C19H21BrO10. The van der Waals surface area contributed by atoms with E-state index in [1.165, 1.54) is 6.92 Å². The van der Waals surface area contributed by atoms with Gasteiger partial charge in [0.2, 0.25) is 0 Å². The number of carbonyl (C=O) groups excluding carboxylic acids is 4. The molecule has 10 nitrogen and oxygen atoms in total. The third-order valence-electron chi connectivity index (χ3n) is 3.47. The van der Waals surface area contributed by atoms with E-state index in [9.17, 15) is 19.2 Å². The van der Waals surface area contributed by atoms with Crippen LogP contribution in [-0.2, 0) is 47.6 Å². The topological polar surface area (TPSA) is 124 Å². The van der Waals surface area contributed by atoms with Crippen molar-refractivity contribution in [3.63, 3.8) is 0 Å². The summed E-state index contributed by atoms with van der Waals surface area (Å²) >= 11 is 2.89. The maximum atomic E-state index is 11.7. The maximum Gasteiger partial charge on any atom is 0.303 e. The van der Waals surface area contributed by atoms with Gasteiger partial charge in [-0.1, -0.05) is 5.92 Å². The summed E-state index contributed by atoms with van der Waals surface area (Å²) in [5.74, 6) is 4.77. The lowest BCUT2D eigenvalue weighted by molar-refractivity contribution is -0.305. The summed E-state index contributed by atoms with van der Waals surface area (Å²) in [5.41, 5.74) is 0. The van der Waals surface area contributed by atoms with Crippen LogP contribution in [0.25, 0.3) is 0 Å². The zero-order valence-corrected chi connectivity index (χ0v) is 18.3. The predicted molar refractivity (Wildman–Crippen MR) is 102 cm³/mol. The molecule has 0 unspecified atom stereocenters. The summed E-state index contributed by atoms with van der Waals surface area (Å²) in [4.78, 5) is 48.5. The SMILES string of the molecule is CC(=O)OC[C@H]1O[C@@H](OCC#CC#CBr)[C@H](OC(C)=O)[C@@H](OC(C)=O)[C@@H]1OC(C)=O. The highest BCUT2D eigenvalue weighted by molar-refractivity contribution is 9.12. The van der Waals surface area contributed by atoms with Crippen LogP contribution in [0.2, 0.25) is 0 Å². The second-order valence-corrected chi connectivity index (χ2v) is 6.30. The Labute approximate surface area is 181 Å². The van der Waals surface area contributed by atoms with E-state index in [0.717, 1.165) is 20.8 Å². The van der Waals surface area contributed by atoms with E-state index < -0.39 is 54.6 Å². The highest BCUT2D eigenvalue weighted by atomic mass is 79.9. The Kier molecular flexibility index (Phi) is 10.9. The first-order valence-electron chi connectivity index (χ1n) is 8.66. The Hall–Kier alpha value is -2.60. The lowest BCUT2D eigenvalue weighted by Crippen LogP contribution is -2.63. The minimum absolute atomic E-state index is 0.171. The van der Waals surface area contributed by atoms with Gasteiger partial charge in [-0.2, -0.15) is 0 Å². The van der Waals surface area contributed by atoms with E-state index in [2.05, 4.69) is 38.5 Å². The van der Waals surface area contributed by atoms with Crippen LogP contribution in [0.15, 0.2) is 0 Å². The highest BCUT2D eigenvalue weighted by Crippen LogP contribution is 2.29. The molecule has 1 fully saturated rings. The monoisotopic (exact) mass is 488 g/mol. The van der Waals surface area contributed by atoms with Gasteiger partial charge in [0.15, 0.2) is 24.6 Å². The third-order valence-corrected chi connectivity index (χ3v) is 3.66. The summed E-state index contributed by atoms with van der Waals surface area (Å²) in [7, 11) is 0. The quantitative estimate of drug-likeness (QED) is 0.283. The molecule has 1 rings (SSSR count). The fraction of sp³-hybridized carbons (Fsp3) is 0.579. The lowest BCUT2D eigenvalue weighted by Gasteiger charge is -2.43. The van der Waals surface area contributed by atoms with E-state index in [1.54, 1.807) is 0 Å². The number of esters is 4. The molecule has 1 aliphatic rings. The van der Waals surface area contributed by atoms with Crippen LogP contribution in [0.3, 0.4) is 0 Å². The molecule has 0 aromatic rings. The van der Waals surface area contributed by atoms with Crippen LogP contribution < -0.4 is 0 Å². The van der Waals surface area contributed by atoms with Gasteiger partial charge < -0.3 is 28.4 Å². The second-order valence-electron chi connectivity index (χ2n) is 5.90. The van der Waals surface area contributed by atoms with Crippen molar-refractivity contribution in [2.75, 3.05) is 13.2 Å². The summed E-state index contributed by atoms with van der Waals surface area (Å²) in [6.07, 6.45) is -6.15. The Morgan fingerprint density at radius 1 is 0.833 bits per heavy atom. The van der Waals surface area contributed by atoms with Crippen LogP contribution >= 0.6 is 15.9 Å². The van der Waals surface area contributed by atoms with E-state index in [0.29, 0.717) is 0 Å². The minimum atomic E-state index is -1.29. The molecule has 0 radical (unpaired) electrons. The largest absolute Gasteiger partial charge is 0.463 e. The van der Waals surface area contributed by atoms with Gasteiger partial charge in [-0.15, -0.1) is 0 Å². The average Bonchev–Trinajstić information content (AvgIpc) is 2.63. The van der Waals surface area contributed by atoms with Gasteiger partial charge in [0, 0.05) is 43.6 Å². The molecule has 0 spiro atoms. The molecule has 5 atom stereocenters. The molecular weight excluding hydrogens is 468 g/mol. The second kappa shape index (κ2) is 12.9. The fourth-order valence-electron chi connectivity index (χ4n) is 2.55. The van der Waals surface area contributed by atoms with Gasteiger partial charge in [-0.3, -0.25) is 19.2 Å². The number of rotatable bonds is 7. The van der Waals surface area contributed by atoms with Crippen molar-refractivity contribution in [3.8, 4) is 22.6 Å². The molecule has 11 heteroatoms. The molecule has 30 heavy (non-hydrogen) atoms. The summed E-state index contributed by atoms with van der Waals surface area (Å²) in [6.45, 7) is 4.08. The van der Waals surface area contributed by atoms with Crippen molar-refractivity contribution in [3.05, 3.63) is 0 Å². The smallest absolute Gasteiger partial charge is 0.303 e. The standard InChI is InChI=1S/C19H21BrO10/c1-11(21)26-10-15-16(27-12(2)22)17(28-13(3)23)18(29-14(4)24)19(30-15)25-9-7-5-6-8-20/h15-19H,9-10H2,1-4H3/t15-,16-,17+,18-,19-/m1/s1. The van der Waals surface area contributed by atoms with Crippen molar-refractivity contribution in [1.29, 1.82) is 0 Å². The number of ether oxygens (including phenoxy) is 6. The van der Waals surface area contributed by atoms with Gasteiger partial charge in [0.1, 0.15) is 19.3 Å². The first-order valence-corrected chi connectivity index (χ1v) is 9.45. The van der Waals surface area contributed by atoms with E-state index in [-0.39, 0.29) is 13.2 Å². The summed E-state index contributed by atoms with van der Waals surface area (Å²) in [5, 5.41) is 0.